The summed E-state index contributed by atoms with van der Waals surface area (Å²) in [5.41, 5.74) is -4.09. The van der Waals surface area contributed by atoms with Crippen LogP contribution in [0.4, 0.5) is 13.2 Å². The van der Waals surface area contributed by atoms with Crippen molar-refractivity contribution < 1.29 is 30.5 Å². The molecule has 0 radical (unpaired) electrons. The summed E-state index contributed by atoms with van der Waals surface area (Å²) in [6.45, 7) is 7.24. The van der Waals surface area contributed by atoms with Gasteiger partial charge < -0.3 is 4.74 Å². The van der Waals surface area contributed by atoms with Gasteiger partial charge in [0.25, 0.3) is 6.43 Å². The van der Waals surface area contributed by atoms with Gasteiger partial charge >= 0.3 is 10.3 Å². The van der Waals surface area contributed by atoms with Crippen molar-refractivity contribution in [3.63, 3.8) is 0 Å². The Morgan fingerprint density at radius 1 is 1.44 bits per heavy atom. The van der Waals surface area contributed by atoms with Crippen LogP contribution < -0.4 is 0 Å². The highest BCUT2D eigenvalue weighted by Crippen LogP contribution is 2.47. The quantitative estimate of drug-likeness (QED) is 0.661. The Morgan fingerprint density at radius 2 is 2.04 bits per heavy atom. The van der Waals surface area contributed by atoms with Crippen LogP contribution in [0.15, 0.2) is 35.1 Å². The first-order valence-corrected chi connectivity index (χ1v) is 9.28. The SMILES string of the molecule is C=C(OC(C)(C)C)N1C(c2cc(Br)ccc2F)(C(F)F)COS1(=O)=O. The molecule has 5 nitrogen and oxygen atoms in total. The third-order valence-corrected chi connectivity index (χ3v) is 5.31. The molecule has 1 aliphatic heterocycles. The fourth-order valence-electron chi connectivity index (χ4n) is 2.50. The number of hydrogen-bond acceptors (Lipinski definition) is 4. The molecule has 140 valence electrons. The Labute approximate surface area is 152 Å². The lowest BCUT2D eigenvalue weighted by molar-refractivity contribution is -0.0534. The molecule has 1 saturated heterocycles. The van der Waals surface area contributed by atoms with Gasteiger partial charge in [0.05, 0.1) is 0 Å². The van der Waals surface area contributed by atoms with Crippen LogP contribution in [0.1, 0.15) is 26.3 Å². The van der Waals surface area contributed by atoms with E-state index < -0.39 is 51.7 Å². The van der Waals surface area contributed by atoms with E-state index in [0.717, 1.165) is 12.1 Å². The summed E-state index contributed by atoms with van der Waals surface area (Å²) in [7, 11) is -4.64. The number of rotatable bonds is 4. The first-order valence-electron chi connectivity index (χ1n) is 7.12. The molecule has 25 heavy (non-hydrogen) atoms. The normalized spacial score (nSPS) is 23.1. The van der Waals surface area contributed by atoms with Crippen molar-refractivity contribution >= 4 is 26.2 Å². The van der Waals surface area contributed by atoms with E-state index in [0.29, 0.717) is 4.47 Å². The van der Waals surface area contributed by atoms with E-state index in [1.165, 1.54) is 6.07 Å². The number of hydrogen-bond donors (Lipinski definition) is 0. The first-order chi connectivity index (χ1) is 11.3. The highest BCUT2D eigenvalue weighted by Gasteiger charge is 2.61. The Bertz CT molecular complexity index is 794. The summed E-state index contributed by atoms with van der Waals surface area (Å²) in [6, 6.07) is 3.36. The predicted molar refractivity (Wildman–Crippen MR) is 88.5 cm³/mol. The van der Waals surface area contributed by atoms with Crippen LogP contribution in [0.25, 0.3) is 0 Å². The molecule has 0 amide bonds. The van der Waals surface area contributed by atoms with Crippen LogP contribution in [0.2, 0.25) is 0 Å². The van der Waals surface area contributed by atoms with Gasteiger partial charge in [0.1, 0.15) is 18.0 Å². The fraction of sp³-hybridized carbons (Fsp3) is 0.467. The highest BCUT2D eigenvalue weighted by atomic mass is 79.9. The van der Waals surface area contributed by atoms with Crippen molar-refractivity contribution in [3.8, 4) is 0 Å². The second kappa shape index (κ2) is 6.48. The molecule has 2 rings (SSSR count). The average Bonchev–Trinajstić information content (AvgIpc) is 2.72. The molecule has 0 aromatic heterocycles. The van der Waals surface area contributed by atoms with Crippen LogP contribution in [0, 0.1) is 5.82 Å². The van der Waals surface area contributed by atoms with Crippen molar-refractivity contribution in [2.45, 2.75) is 38.3 Å². The summed E-state index contributed by atoms with van der Waals surface area (Å²) >= 11 is 3.08. The van der Waals surface area contributed by atoms with Crippen molar-refractivity contribution in [1.82, 2.24) is 4.31 Å². The average molecular weight is 444 g/mol. The standard InChI is InChI=1S/C15H17BrF3NO4S/c1-9(24-14(2,3)4)20-15(13(18)19,8-23-25(20,21)22)11-7-10(16)5-6-12(11)17/h5-7,13H,1,8H2,2-4H3. The molecule has 1 atom stereocenters. The number of nitrogens with zero attached hydrogens (tertiary/aromatic N) is 1. The zero-order chi connectivity index (χ0) is 19.2. The van der Waals surface area contributed by atoms with E-state index in [-0.39, 0.29) is 4.31 Å². The summed E-state index contributed by atoms with van der Waals surface area (Å²) in [4.78, 5) is 0. The van der Waals surface area contributed by atoms with Gasteiger partial charge in [-0.2, -0.15) is 12.7 Å². The zero-order valence-corrected chi connectivity index (χ0v) is 16.1. The first kappa shape index (κ1) is 20.1. The predicted octanol–water partition coefficient (Wildman–Crippen LogP) is 3.91. The van der Waals surface area contributed by atoms with Gasteiger partial charge in [-0.1, -0.05) is 15.9 Å². The molecule has 1 aliphatic rings. The van der Waals surface area contributed by atoms with Crippen molar-refractivity contribution in [1.29, 1.82) is 0 Å². The lowest BCUT2D eigenvalue weighted by atomic mass is 9.90. The van der Waals surface area contributed by atoms with Crippen LogP contribution in [0.5, 0.6) is 0 Å². The smallest absolute Gasteiger partial charge is 0.365 e. The van der Waals surface area contributed by atoms with E-state index in [2.05, 4.69) is 26.7 Å². The van der Waals surface area contributed by atoms with E-state index >= 15 is 0 Å². The molecule has 0 aliphatic carbocycles. The van der Waals surface area contributed by atoms with Crippen LogP contribution >= 0.6 is 15.9 Å². The van der Waals surface area contributed by atoms with Crippen LogP contribution in [0.3, 0.4) is 0 Å². The van der Waals surface area contributed by atoms with Crippen molar-refractivity contribution in [2.24, 2.45) is 0 Å². The molecule has 1 aromatic carbocycles. The zero-order valence-electron chi connectivity index (χ0n) is 13.7. The molecule has 1 aromatic rings. The maximum atomic E-state index is 14.4. The number of ether oxygens (including phenoxy) is 1. The van der Waals surface area contributed by atoms with Crippen LogP contribution in [-0.4, -0.2) is 31.4 Å². The minimum Gasteiger partial charge on any atom is -0.473 e. The van der Waals surface area contributed by atoms with Gasteiger partial charge in [-0.3, -0.25) is 4.18 Å². The molecule has 1 unspecified atom stereocenters. The van der Waals surface area contributed by atoms with Gasteiger partial charge in [0.15, 0.2) is 11.4 Å². The molecule has 10 heteroatoms. The van der Waals surface area contributed by atoms with Crippen LogP contribution in [-0.2, 0) is 24.8 Å². The molecule has 1 fully saturated rings. The number of halogens is 4. The molecule has 0 saturated carbocycles. The van der Waals surface area contributed by atoms with Gasteiger partial charge in [-0.25, -0.2) is 13.2 Å². The largest absolute Gasteiger partial charge is 0.473 e. The van der Waals surface area contributed by atoms with Crippen molar-refractivity contribution in [2.75, 3.05) is 6.61 Å². The van der Waals surface area contributed by atoms with Gasteiger partial charge in [0, 0.05) is 10.0 Å². The third kappa shape index (κ3) is 3.65. The third-order valence-electron chi connectivity index (χ3n) is 3.42. The topological polar surface area (TPSA) is 55.8 Å². The monoisotopic (exact) mass is 443 g/mol. The lowest BCUT2D eigenvalue weighted by Crippen LogP contribution is -2.51. The number of alkyl halides is 2. The Balaban J connectivity index is 2.70. The maximum absolute atomic E-state index is 14.4. The summed E-state index contributed by atoms with van der Waals surface area (Å²) < 4.78 is 77.6. The minimum atomic E-state index is -4.64. The molecule has 0 bridgehead atoms. The molecule has 0 spiro atoms. The Morgan fingerprint density at radius 3 is 2.56 bits per heavy atom. The summed E-state index contributed by atoms with van der Waals surface area (Å²) in [6.07, 6.45) is -3.31. The van der Waals surface area contributed by atoms with E-state index in [1.807, 2.05) is 0 Å². The highest BCUT2D eigenvalue weighted by molar-refractivity contribution is 9.10. The molecule has 1 heterocycles. The second-order valence-corrected chi connectivity index (χ2v) is 8.81. The minimum absolute atomic E-state index is 0.223. The van der Waals surface area contributed by atoms with Crippen molar-refractivity contribution in [3.05, 3.63) is 46.5 Å². The van der Waals surface area contributed by atoms with E-state index in [9.17, 15) is 21.6 Å². The van der Waals surface area contributed by atoms with Gasteiger partial charge in [0.2, 0.25) is 0 Å². The summed E-state index contributed by atoms with van der Waals surface area (Å²) in [5.74, 6) is -1.58. The van der Waals surface area contributed by atoms with Gasteiger partial charge in [-0.05, 0) is 45.5 Å². The number of benzene rings is 1. The van der Waals surface area contributed by atoms with E-state index in [4.69, 9.17) is 4.74 Å². The van der Waals surface area contributed by atoms with Gasteiger partial charge in [-0.15, -0.1) is 0 Å². The van der Waals surface area contributed by atoms with E-state index in [1.54, 1.807) is 20.8 Å². The Hall–Kier alpha value is -1.26. The second-order valence-electron chi connectivity index (χ2n) is 6.44. The maximum Gasteiger partial charge on any atom is 0.365 e. The lowest BCUT2D eigenvalue weighted by Gasteiger charge is -2.38. The fourth-order valence-corrected chi connectivity index (χ4v) is 4.21. The molecular formula is C15H17BrF3NO4S. The Kier molecular flexibility index (Phi) is 5.20. The molecule has 0 N–H and O–H groups in total. The summed E-state index contributed by atoms with van der Waals surface area (Å²) in [5, 5.41) is 0. The molecular weight excluding hydrogens is 427 g/mol.